The maximum Gasteiger partial charge on any atom is 0.310 e. The third-order valence-electron chi connectivity index (χ3n) is 6.37. The summed E-state index contributed by atoms with van der Waals surface area (Å²) >= 11 is 0. The van der Waals surface area contributed by atoms with Crippen molar-refractivity contribution in [3.8, 4) is 0 Å². The molecule has 2 heterocycles. The van der Waals surface area contributed by atoms with E-state index in [0.29, 0.717) is 42.5 Å². The van der Waals surface area contributed by atoms with Gasteiger partial charge in [0.25, 0.3) is 0 Å². The van der Waals surface area contributed by atoms with Crippen LogP contribution in [0.5, 0.6) is 0 Å². The van der Waals surface area contributed by atoms with Crippen LogP contribution in [-0.4, -0.2) is 49.2 Å². The number of aromatic nitrogens is 1. The molecule has 0 amide bonds. The number of ketones is 1. The molecule has 2 aliphatic rings. The zero-order chi connectivity index (χ0) is 22.6. The molecule has 0 radical (unpaired) electrons. The normalized spacial score (nSPS) is 21.8. The van der Waals surface area contributed by atoms with Gasteiger partial charge >= 0.3 is 5.97 Å². The maximum absolute atomic E-state index is 13.5. The van der Waals surface area contributed by atoms with E-state index in [1.165, 1.54) is 4.31 Å². The van der Waals surface area contributed by atoms with Crippen LogP contribution in [0.2, 0.25) is 0 Å². The highest BCUT2D eigenvalue weighted by molar-refractivity contribution is 7.89. The Morgan fingerprint density at radius 1 is 1.29 bits per heavy atom. The van der Waals surface area contributed by atoms with Gasteiger partial charge in [-0.25, -0.2) is 8.42 Å². The predicted molar refractivity (Wildman–Crippen MR) is 118 cm³/mol. The Bertz CT molecular complexity index is 1160. The van der Waals surface area contributed by atoms with Crippen LogP contribution in [0.15, 0.2) is 17.0 Å². The van der Waals surface area contributed by atoms with Crippen LogP contribution in [-0.2, 0) is 26.0 Å². The van der Waals surface area contributed by atoms with Gasteiger partial charge in [-0.15, -0.1) is 0 Å². The lowest BCUT2D eigenvalue weighted by Crippen LogP contribution is -2.42. The Morgan fingerprint density at radius 3 is 2.74 bits per heavy atom. The fraction of sp³-hybridized carbons (Fsp3) is 0.565. The van der Waals surface area contributed by atoms with Crippen LogP contribution in [0.4, 0.5) is 0 Å². The lowest BCUT2D eigenvalue weighted by molar-refractivity contribution is -0.149. The van der Waals surface area contributed by atoms with E-state index in [9.17, 15) is 18.0 Å². The first-order valence-electron chi connectivity index (χ1n) is 10.9. The number of nitrogens with one attached hydrogen (secondary N) is 1. The number of aryl methyl sites for hydroxylation is 1. The van der Waals surface area contributed by atoms with Gasteiger partial charge in [0.2, 0.25) is 10.0 Å². The van der Waals surface area contributed by atoms with Crippen molar-refractivity contribution in [3.05, 3.63) is 29.0 Å². The molecule has 0 spiro atoms. The molecule has 4 rings (SSSR count). The molecule has 1 atom stereocenters. The first kappa shape index (κ1) is 22.0. The van der Waals surface area contributed by atoms with Gasteiger partial charge in [-0.1, -0.05) is 13.8 Å². The number of rotatable bonds is 4. The van der Waals surface area contributed by atoms with Crippen LogP contribution in [0.3, 0.4) is 0 Å². The molecule has 1 N–H and O–H groups in total. The molecule has 8 heteroatoms. The van der Waals surface area contributed by atoms with E-state index in [1.807, 2.05) is 0 Å². The Labute approximate surface area is 183 Å². The number of benzene rings is 1. The maximum atomic E-state index is 13.5. The van der Waals surface area contributed by atoms with E-state index in [0.717, 1.165) is 17.5 Å². The van der Waals surface area contributed by atoms with Crippen LogP contribution in [0, 0.1) is 18.3 Å². The molecule has 1 fully saturated rings. The minimum absolute atomic E-state index is 0.0980. The van der Waals surface area contributed by atoms with E-state index in [2.05, 4.69) is 18.8 Å². The van der Waals surface area contributed by atoms with Crippen molar-refractivity contribution in [2.24, 2.45) is 11.3 Å². The van der Waals surface area contributed by atoms with Gasteiger partial charge in [-0.3, -0.25) is 9.59 Å². The molecule has 1 aromatic heterocycles. The number of esters is 1. The Hall–Kier alpha value is -2.19. The Kier molecular flexibility index (Phi) is 5.50. The van der Waals surface area contributed by atoms with E-state index in [-0.39, 0.29) is 35.2 Å². The van der Waals surface area contributed by atoms with Gasteiger partial charge in [0.05, 0.1) is 17.4 Å². The number of Topliss-reactive ketones (excluding diaryl/α,β-unsaturated/α-hetero) is 1. The second-order valence-electron chi connectivity index (χ2n) is 9.54. The molecule has 0 unspecified atom stereocenters. The average Bonchev–Trinajstić information content (AvgIpc) is 3.03. The average molecular weight is 447 g/mol. The number of carbonyl (C=O) groups excluding carboxylic acids is 2. The topological polar surface area (TPSA) is 96.5 Å². The highest BCUT2D eigenvalue weighted by Crippen LogP contribution is 2.39. The summed E-state index contributed by atoms with van der Waals surface area (Å²) in [6, 6.07) is 3.45. The fourth-order valence-electron chi connectivity index (χ4n) is 4.93. The monoisotopic (exact) mass is 446 g/mol. The van der Waals surface area contributed by atoms with Crippen molar-refractivity contribution >= 4 is 32.7 Å². The number of piperidine rings is 1. The summed E-state index contributed by atoms with van der Waals surface area (Å²) < 4.78 is 33.5. The second-order valence-corrected chi connectivity index (χ2v) is 11.4. The number of nitrogens with zero attached hydrogens (tertiary/aromatic N) is 1. The molecule has 168 valence electrons. The molecule has 31 heavy (non-hydrogen) atoms. The minimum Gasteiger partial charge on any atom is -0.466 e. The van der Waals surface area contributed by atoms with Crippen LogP contribution < -0.4 is 0 Å². The SMILES string of the molecule is CCOC(=O)[C@@H]1CCCN(S(=O)(=O)c2cc3[nH]c4c(c3cc2C)C(=O)CC(C)(C)C4)C1. The van der Waals surface area contributed by atoms with Gasteiger partial charge in [-0.05, 0) is 56.2 Å². The Balaban J connectivity index is 1.71. The minimum atomic E-state index is -3.78. The summed E-state index contributed by atoms with van der Waals surface area (Å²) in [5.41, 5.74) is 2.72. The molecular formula is C23H30N2O5S. The summed E-state index contributed by atoms with van der Waals surface area (Å²) in [4.78, 5) is 28.5. The molecule has 1 aromatic carbocycles. The number of aromatic amines is 1. The van der Waals surface area contributed by atoms with Gasteiger partial charge in [0.1, 0.15) is 0 Å². The summed E-state index contributed by atoms with van der Waals surface area (Å²) in [5, 5.41) is 0.787. The molecule has 0 bridgehead atoms. The molecule has 0 saturated carbocycles. The van der Waals surface area contributed by atoms with Gasteiger partial charge in [0, 0.05) is 41.7 Å². The third-order valence-corrected chi connectivity index (χ3v) is 8.37. The highest BCUT2D eigenvalue weighted by Gasteiger charge is 2.37. The van der Waals surface area contributed by atoms with Gasteiger partial charge in [0.15, 0.2) is 5.78 Å². The van der Waals surface area contributed by atoms with Crippen molar-refractivity contribution in [1.82, 2.24) is 9.29 Å². The van der Waals surface area contributed by atoms with E-state index >= 15 is 0 Å². The number of carbonyl (C=O) groups is 2. The molecular weight excluding hydrogens is 416 g/mol. The smallest absolute Gasteiger partial charge is 0.310 e. The van der Waals surface area contributed by atoms with Crippen molar-refractivity contribution in [2.75, 3.05) is 19.7 Å². The summed E-state index contributed by atoms with van der Waals surface area (Å²) in [6.07, 6.45) is 2.47. The van der Waals surface area contributed by atoms with Gasteiger partial charge < -0.3 is 9.72 Å². The van der Waals surface area contributed by atoms with Gasteiger partial charge in [-0.2, -0.15) is 4.31 Å². The number of hydrogen-bond donors (Lipinski definition) is 1. The molecule has 1 saturated heterocycles. The summed E-state index contributed by atoms with van der Waals surface area (Å²) in [7, 11) is -3.78. The molecule has 1 aliphatic heterocycles. The number of hydrogen-bond acceptors (Lipinski definition) is 5. The van der Waals surface area contributed by atoms with E-state index in [4.69, 9.17) is 4.74 Å². The second kappa shape index (κ2) is 7.74. The lowest BCUT2D eigenvalue weighted by atomic mass is 9.76. The van der Waals surface area contributed by atoms with Crippen molar-refractivity contribution in [1.29, 1.82) is 0 Å². The number of fused-ring (bicyclic) bond motifs is 3. The van der Waals surface area contributed by atoms with E-state index in [1.54, 1.807) is 26.0 Å². The molecule has 7 nitrogen and oxygen atoms in total. The quantitative estimate of drug-likeness (QED) is 0.724. The van der Waals surface area contributed by atoms with Crippen LogP contribution in [0.1, 0.15) is 61.6 Å². The number of ether oxygens (including phenoxy) is 1. The zero-order valence-electron chi connectivity index (χ0n) is 18.6. The first-order chi connectivity index (χ1) is 14.5. The largest absolute Gasteiger partial charge is 0.466 e. The lowest BCUT2D eigenvalue weighted by Gasteiger charge is -2.31. The predicted octanol–water partition coefficient (Wildman–Crippen LogP) is 3.60. The first-order valence-corrected chi connectivity index (χ1v) is 12.3. The fourth-order valence-corrected chi connectivity index (χ4v) is 6.69. The zero-order valence-corrected chi connectivity index (χ0v) is 19.4. The number of H-pyrrole nitrogens is 1. The standard InChI is InChI=1S/C23H30N2O5S/c1-5-30-22(27)15-7-6-8-25(13-15)31(28,29)20-10-17-16(9-14(20)2)21-18(24-17)11-23(3,4)12-19(21)26/h9-10,15,24H,5-8,11-13H2,1-4H3/t15-/m1/s1. The molecule has 2 aromatic rings. The van der Waals surface area contributed by atoms with Crippen LogP contribution >= 0.6 is 0 Å². The Morgan fingerprint density at radius 2 is 2.03 bits per heavy atom. The third kappa shape index (κ3) is 3.91. The number of sulfonamides is 1. The summed E-state index contributed by atoms with van der Waals surface area (Å²) in [6.45, 7) is 8.43. The van der Waals surface area contributed by atoms with Crippen molar-refractivity contribution < 1.29 is 22.7 Å². The van der Waals surface area contributed by atoms with Crippen molar-refractivity contribution in [2.45, 2.75) is 58.3 Å². The van der Waals surface area contributed by atoms with Crippen molar-refractivity contribution in [3.63, 3.8) is 0 Å². The molecule has 1 aliphatic carbocycles. The summed E-state index contributed by atoms with van der Waals surface area (Å²) in [5.74, 6) is -0.682. The van der Waals surface area contributed by atoms with Crippen LogP contribution in [0.25, 0.3) is 10.9 Å². The van der Waals surface area contributed by atoms with E-state index < -0.39 is 15.9 Å². The highest BCUT2D eigenvalue weighted by atomic mass is 32.2.